The summed E-state index contributed by atoms with van der Waals surface area (Å²) in [7, 11) is 1.80. The van der Waals surface area contributed by atoms with Crippen molar-refractivity contribution in [3.8, 4) is 0 Å². The summed E-state index contributed by atoms with van der Waals surface area (Å²) in [5.41, 5.74) is 0.803. The highest BCUT2D eigenvalue weighted by atomic mass is 16.2. The summed E-state index contributed by atoms with van der Waals surface area (Å²) in [5, 5.41) is 6.43. The van der Waals surface area contributed by atoms with Crippen LogP contribution < -0.4 is 5.32 Å². The van der Waals surface area contributed by atoms with Gasteiger partial charge in [0.25, 0.3) is 0 Å². The Balaban J connectivity index is 2.03. The third-order valence-electron chi connectivity index (χ3n) is 3.29. The van der Waals surface area contributed by atoms with Crippen molar-refractivity contribution in [1.82, 2.24) is 20.0 Å². The van der Waals surface area contributed by atoms with Crippen LogP contribution in [0.3, 0.4) is 0 Å². The number of barbiturate groups is 1. The van der Waals surface area contributed by atoms with Crippen molar-refractivity contribution in [2.24, 2.45) is 13.0 Å². The molecule has 108 valence electrons. The molecule has 1 saturated heterocycles. The van der Waals surface area contributed by atoms with Crippen LogP contribution in [0.15, 0.2) is 12.3 Å². The second-order valence-corrected chi connectivity index (χ2v) is 4.86. The van der Waals surface area contributed by atoms with Gasteiger partial charge in [-0.3, -0.25) is 24.5 Å². The number of aromatic nitrogens is 2. The summed E-state index contributed by atoms with van der Waals surface area (Å²) in [6.07, 6.45) is 3.45. The molecule has 0 bridgehead atoms. The fraction of sp³-hybridized carbons (Fsp3) is 0.538. The summed E-state index contributed by atoms with van der Waals surface area (Å²) in [6, 6.07) is 1.20. The van der Waals surface area contributed by atoms with Crippen molar-refractivity contribution >= 4 is 17.8 Å². The van der Waals surface area contributed by atoms with E-state index in [1.54, 1.807) is 17.9 Å². The predicted octanol–water partition coefficient (Wildman–Crippen LogP) is 0.457. The summed E-state index contributed by atoms with van der Waals surface area (Å²) >= 11 is 0. The maximum atomic E-state index is 12.2. The molecule has 1 fully saturated rings. The molecular weight excluding hydrogens is 260 g/mol. The van der Waals surface area contributed by atoms with E-state index in [1.807, 2.05) is 13.0 Å². The largest absolute Gasteiger partial charge is 0.330 e. The molecule has 0 aromatic carbocycles. The number of imide groups is 2. The van der Waals surface area contributed by atoms with Crippen LogP contribution >= 0.6 is 0 Å². The van der Waals surface area contributed by atoms with Crippen LogP contribution in [0.5, 0.6) is 0 Å². The zero-order valence-electron chi connectivity index (χ0n) is 11.6. The molecule has 0 radical (unpaired) electrons. The molecule has 1 atom stereocenters. The van der Waals surface area contributed by atoms with Crippen molar-refractivity contribution in [3.05, 3.63) is 18.0 Å². The lowest BCUT2D eigenvalue weighted by atomic mass is 9.99. The van der Waals surface area contributed by atoms with E-state index in [0.29, 0.717) is 19.3 Å². The van der Waals surface area contributed by atoms with Gasteiger partial charge in [-0.25, -0.2) is 4.79 Å². The number of hydrogen-bond acceptors (Lipinski definition) is 4. The Labute approximate surface area is 116 Å². The van der Waals surface area contributed by atoms with Gasteiger partial charge in [-0.1, -0.05) is 13.3 Å². The molecular formula is C13H18N4O3. The third-order valence-corrected chi connectivity index (χ3v) is 3.29. The molecule has 20 heavy (non-hydrogen) atoms. The lowest BCUT2D eigenvalue weighted by Gasteiger charge is -2.29. The van der Waals surface area contributed by atoms with Gasteiger partial charge in [-0.05, 0) is 12.5 Å². The highest BCUT2D eigenvalue weighted by Gasteiger charge is 2.39. The average molecular weight is 278 g/mol. The molecule has 1 N–H and O–H groups in total. The van der Waals surface area contributed by atoms with Gasteiger partial charge in [-0.2, -0.15) is 5.10 Å². The van der Waals surface area contributed by atoms with Crippen LogP contribution in [0.1, 0.15) is 25.5 Å². The quantitative estimate of drug-likeness (QED) is 0.793. The van der Waals surface area contributed by atoms with Crippen molar-refractivity contribution < 1.29 is 14.4 Å². The third kappa shape index (κ3) is 2.87. The van der Waals surface area contributed by atoms with E-state index in [0.717, 1.165) is 10.6 Å². The minimum absolute atomic E-state index is 0.231. The fourth-order valence-corrected chi connectivity index (χ4v) is 2.24. The topological polar surface area (TPSA) is 84.3 Å². The number of rotatable bonds is 5. The summed E-state index contributed by atoms with van der Waals surface area (Å²) in [5.74, 6) is -1.64. The molecule has 0 spiro atoms. The maximum absolute atomic E-state index is 12.2. The van der Waals surface area contributed by atoms with Crippen LogP contribution in [-0.2, 0) is 23.1 Å². The number of amides is 4. The van der Waals surface area contributed by atoms with Crippen molar-refractivity contribution in [1.29, 1.82) is 0 Å². The van der Waals surface area contributed by atoms with Crippen LogP contribution in [0, 0.1) is 5.92 Å². The SMILES string of the molecule is CCCC1C(=O)NC(=O)N(CCc2ccn(C)n2)C1=O. The van der Waals surface area contributed by atoms with E-state index in [9.17, 15) is 14.4 Å². The Morgan fingerprint density at radius 2 is 2.10 bits per heavy atom. The minimum Gasteiger partial charge on any atom is -0.277 e. The Morgan fingerprint density at radius 1 is 1.35 bits per heavy atom. The van der Waals surface area contributed by atoms with Crippen LogP contribution in [-0.4, -0.2) is 39.1 Å². The lowest BCUT2D eigenvalue weighted by molar-refractivity contribution is -0.142. The molecule has 4 amide bonds. The smallest absolute Gasteiger partial charge is 0.277 e. The number of carbonyl (C=O) groups excluding carboxylic acids is 3. The second-order valence-electron chi connectivity index (χ2n) is 4.86. The van der Waals surface area contributed by atoms with Crippen molar-refractivity contribution in [2.45, 2.75) is 26.2 Å². The molecule has 7 heteroatoms. The molecule has 1 aromatic rings. The fourth-order valence-electron chi connectivity index (χ4n) is 2.24. The molecule has 7 nitrogen and oxygen atoms in total. The highest BCUT2D eigenvalue weighted by molar-refractivity contribution is 6.16. The van der Waals surface area contributed by atoms with Gasteiger partial charge in [0.1, 0.15) is 5.92 Å². The molecule has 0 saturated carbocycles. The van der Waals surface area contributed by atoms with E-state index in [4.69, 9.17) is 0 Å². The predicted molar refractivity (Wildman–Crippen MR) is 70.6 cm³/mol. The molecule has 2 rings (SSSR count). The van der Waals surface area contributed by atoms with Gasteiger partial charge in [0, 0.05) is 26.2 Å². The maximum Gasteiger partial charge on any atom is 0.330 e. The monoisotopic (exact) mass is 278 g/mol. The Morgan fingerprint density at radius 3 is 2.70 bits per heavy atom. The number of nitrogens with zero attached hydrogens (tertiary/aromatic N) is 3. The molecule has 1 aliphatic rings. The number of urea groups is 1. The van der Waals surface area contributed by atoms with Gasteiger partial charge in [0.15, 0.2) is 0 Å². The zero-order valence-corrected chi connectivity index (χ0v) is 11.6. The first-order valence-corrected chi connectivity index (χ1v) is 6.67. The number of aryl methyl sites for hydroxylation is 1. The van der Waals surface area contributed by atoms with E-state index < -0.39 is 23.8 Å². The first-order chi connectivity index (χ1) is 9.52. The Bertz CT molecular complexity index is 537. The molecule has 1 unspecified atom stereocenters. The van der Waals surface area contributed by atoms with Crippen LogP contribution in [0.2, 0.25) is 0 Å². The van der Waals surface area contributed by atoms with E-state index in [1.165, 1.54) is 0 Å². The zero-order chi connectivity index (χ0) is 14.7. The first-order valence-electron chi connectivity index (χ1n) is 6.67. The van der Waals surface area contributed by atoms with E-state index >= 15 is 0 Å². The summed E-state index contributed by atoms with van der Waals surface area (Å²) in [6.45, 7) is 2.13. The van der Waals surface area contributed by atoms with E-state index in [-0.39, 0.29) is 6.54 Å². The van der Waals surface area contributed by atoms with Crippen LogP contribution in [0.4, 0.5) is 4.79 Å². The van der Waals surface area contributed by atoms with Gasteiger partial charge in [-0.15, -0.1) is 0 Å². The lowest BCUT2D eigenvalue weighted by Crippen LogP contribution is -2.58. The van der Waals surface area contributed by atoms with Gasteiger partial charge in [0.05, 0.1) is 5.69 Å². The number of nitrogens with one attached hydrogen (secondary N) is 1. The molecule has 1 aromatic heterocycles. The standard InChI is InChI=1S/C13H18N4O3/c1-3-4-10-11(18)14-13(20)17(12(10)19)8-6-9-5-7-16(2)15-9/h5,7,10H,3-4,6,8H2,1-2H3,(H,14,18,20). The van der Waals surface area contributed by atoms with Gasteiger partial charge >= 0.3 is 6.03 Å². The van der Waals surface area contributed by atoms with Gasteiger partial charge < -0.3 is 0 Å². The number of carbonyl (C=O) groups is 3. The van der Waals surface area contributed by atoms with Crippen molar-refractivity contribution in [3.63, 3.8) is 0 Å². The first kappa shape index (κ1) is 14.2. The van der Waals surface area contributed by atoms with Crippen LogP contribution in [0.25, 0.3) is 0 Å². The Kier molecular flexibility index (Phi) is 4.16. The minimum atomic E-state index is -0.749. The average Bonchev–Trinajstić information content (AvgIpc) is 2.80. The molecule has 1 aliphatic heterocycles. The molecule has 0 aliphatic carbocycles. The summed E-state index contributed by atoms with van der Waals surface area (Å²) < 4.78 is 1.66. The normalized spacial score (nSPS) is 19.4. The number of hydrogen-bond donors (Lipinski definition) is 1. The Hall–Kier alpha value is -2.18. The van der Waals surface area contributed by atoms with Gasteiger partial charge in [0.2, 0.25) is 11.8 Å². The van der Waals surface area contributed by atoms with Crippen molar-refractivity contribution in [2.75, 3.05) is 6.54 Å². The van der Waals surface area contributed by atoms with E-state index in [2.05, 4.69) is 10.4 Å². The second kappa shape index (κ2) is 5.85. The summed E-state index contributed by atoms with van der Waals surface area (Å²) in [4.78, 5) is 36.7. The highest BCUT2D eigenvalue weighted by Crippen LogP contribution is 2.16. The molecule has 2 heterocycles.